The van der Waals surface area contributed by atoms with Crippen LogP contribution in [-0.2, 0) is 9.84 Å². The minimum absolute atomic E-state index is 0.278. The zero-order chi connectivity index (χ0) is 14.8. The van der Waals surface area contributed by atoms with E-state index < -0.39 is 9.84 Å². The summed E-state index contributed by atoms with van der Waals surface area (Å²) in [6, 6.07) is 13.8. The molecule has 0 aliphatic heterocycles. The van der Waals surface area contributed by atoms with Crippen LogP contribution in [-0.4, -0.2) is 14.7 Å². The first-order valence-corrected chi connectivity index (χ1v) is 8.39. The molecule has 0 unspecified atom stereocenters. The average molecular weight is 304 g/mol. The smallest absolute Gasteiger partial charge is 0.175 e. The standard InChI is InChI=1S/C14H12N2O2S2/c1-20(17,18)12-7-5-11(6-8-12)19-13-4-2-3-10(9-15)14(13)16/h2-8H,16H2,1H3. The van der Waals surface area contributed by atoms with Gasteiger partial charge in [-0.15, -0.1) is 0 Å². The zero-order valence-corrected chi connectivity index (χ0v) is 12.3. The molecule has 4 nitrogen and oxygen atoms in total. The lowest BCUT2D eigenvalue weighted by Gasteiger charge is -2.07. The molecule has 2 aromatic carbocycles. The molecule has 2 rings (SSSR count). The Hall–Kier alpha value is -1.97. The Morgan fingerprint density at radius 3 is 2.35 bits per heavy atom. The van der Waals surface area contributed by atoms with E-state index in [9.17, 15) is 8.42 Å². The predicted octanol–water partition coefficient (Wildman–Crippen LogP) is 2.70. The maximum Gasteiger partial charge on any atom is 0.175 e. The summed E-state index contributed by atoms with van der Waals surface area (Å²) in [5, 5.41) is 8.93. The number of anilines is 1. The van der Waals surface area contributed by atoms with Gasteiger partial charge in [0.15, 0.2) is 9.84 Å². The Balaban J connectivity index is 2.30. The van der Waals surface area contributed by atoms with Gasteiger partial charge in [-0.25, -0.2) is 8.42 Å². The highest BCUT2D eigenvalue weighted by Gasteiger charge is 2.09. The van der Waals surface area contributed by atoms with Gasteiger partial charge >= 0.3 is 0 Å². The van der Waals surface area contributed by atoms with Crippen LogP contribution < -0.4 is 5.73 Å². The first kappa shape index (κ1) is 14.4. The summed E-state index contributed by atoms with van der Waals surface area (Å²) in [5.74, 6) is 0. The average Bonchev–Trinajstić information content (AvgIpc) is 2.41. The van der Waals surface area contributed by atoms with Gasteiger partial charge < -0.3 is 5.73 Å². The molecule has 0 saturated carbocycles. The monoisotopic (exact) mass is 304 g/mol. The predicted molar refractivity (Wildman–Crippen MR) is 79.2 cm³/mol. The van der Waals surface area contributed by atoms with Crippen LogP contribution in [0.25, 0.3) is 0 Å². The number of nitrogens with zero attached hydrogens (tertiary/aromatic N) is 1. The molecule has 20 heavy (non-hydrogen) atoms. The molecular formula is C14H12N2O2S2. The summed E-state index contributed by atoms with van der Waals surface area (Å²) in [6.07, 6.45) is 1.17. The summed E-state index contributed by atoms with van der Waals surface area (Å²) >= 11 is 1.39. The number of hydrogen-bond acceptors (Lipinski definition) is 5. The second kappa shape index (κ2) is 5.57. The molecule has 0 amide bonds. The lowest BCUT2D eigenvalue weighted by Crippen LogP contribution is -1.96. The van der Waals surface area contributed by atoms with Gasteiger partial charge in [0, 0.05) is 16.0 Å². The maximum absolute atomic E-state index is 11.4. The number of benzene rings is 2. The Bertz CT molecular complexity index is 776. The molecule has 6 heteroatoms. The first-order valence-electron chi connectivity index (χ1n) is 5.68. The highest BCUT2D eigenvalue weighted by Crippen LogP contribution is 2.33. The minimum Gasteiger partial charge on any atom is -0.397 e. The lowest BCUT2D eigenvalue weighted by atomic mass is 10.2. The largest absolute Gasteiger partial charge is 0.397 e. The van der Waals surface area contributed by atoms with Crippen LogP contribution in [0.15, 0.2) is 57.2 Å². The Labute approximate surface area is 122 Å². The van der Waals surface area contributed by atoms with Crippen molar-refractivity contribution in [2.45, 2.75) is 14.7 Å². The minimum atomic E-state index is -3.19. The van der Waals surface area contributed by atoms with Crippen molar-refractivity contribution in [1.29, 1.82) is 5.26 Å². The van der Waals surface area contributed by atoms with Crippen LogP contribution >= 0.6 is 11.8 Å². The Kier molecular flexibility index (Phi) is 4.02. The maximum atomic E-state index is 11.4. The van der Waals surface area contributed by atoms with Crippen molar-refractivity contribution in [1.82, 2.24) is 0 Å². The summed E-state index contributed by atoms with van der Waals surface area (Å²) < 4.78 is 22.8. The van der Waals surface area contributed by atoms with Crippen LogP contribution in [0.3, 0.4) is 0 Å². The fourth-order valence-electron chi connectivity index (χ4n) is 1.61. The normalized spacial score (nSPS) is 11.0. The SMILES string of the molecule is CS(=O)(=O)c1ccc(Sc2cccc(C#N)c2N)cc1. The molecule has 0 atom stereocenters. The number of sulfone groups is 1. The summed E-state index contributed by atoms with van der Waals surface area (Å²) in [6.45, 7) is 0. The molecule has 2 aromatic rings. The van der Waals surface area contributed by atoms with E-state index in [1.807, 2.05) is 12.1 Å². The van der Waals surface area contributed by atoms with Gasteiger partial charge in [-0.1, -0.05) is 17.8 Å². The third-order valence-electron chi connectivity index (χ3n) is 2.67. The van der Waals surface area contributed by atoms with E-state index in [0.717, 1.165) is 9.79 Å². The molecule has 0 bridgehead atoms. The topological polar surface area (TPSA) is 84.0 Å². The molecule has 0 fully saturated rings. The van der Waals surface area contributed by atoms with Gasteiger partial charge in [-0.2, -0.15) is 5.26 Å². The summed E-state index contributed by atoms with van der Waals surface area (Å²) in [5.41, 5.74) is 6.77. The molecule has 0 saturated heterocycles. The Morgan fingerprint density at radius 2 is 1.80 bits per heavy atom. The quantitative estimate of drug-likeness (QED) is 0.881. The number of hydrogen-bond donors (Lipinski definition) is 1. The van der Waals surface area contributed by atoms with E-state index in [2.05, 4.69) is 0 Å². The van der Waals surface area contributed by atoms with Gasteiger partial charge in [-0.05, 0) is 36.4 Å². The number of rotatable bonds is 3. The van der Waals surface area contributed by atoms with Crippen molar-refractivity contribution < 1.29 is 8.42 Å². The summed E-state index contributed by atoms with van der Waals surface area (Å²) in [4.78, 5) is 1.91. The fraction of sp³-hybridized carbons (Fsp3) is 0.0714. The highest BCUT2D eigenvalue weighted by molar-refractivity contribution is 7.99. The van der Waals surface area contributed by atoms with E-state index in [-0.39, 0.29) is 4.90 Å². The number of para-hydroxylation sites is 1. The third-order valence-corrected chi connectivity index (χ3v) is 4.88. The van der Waals surface area contributed by atoms with Crippen LogP contribution in [0.1, 0.15) is 5.56 Å². The van der Waals surface area contributed by atoms with Crippen molar-refractivity contribution >= 4 is 27.3 Å². The van der Waals surface area contributed by atoms with Crippen molar-refractivity contribution in [3.63, 3.8) is 0 Å². The third kappa shape index (κ3) is 3.13. The van der Waals surface area contributed by atoms with Crippen LogP contribution in [0, 0.1) is 11.3 Å². The second-order valence-electron chi connectivity index (χ2n) is 4.17. The second-order valence-corrected chi connectivity index (χ2v) is 7.31. The molecule has 0 heterocycles. The fourth-order valence-corrected chi connectivity index (χ4v) is 3.14. The molecule has 102 valence electrons. The zero-order valence-electron chi connectivity index (χ0n) is 10.7. The molecule has 0 aliphatic carbocycles. The van der Waals surface area contributed by atoms with Crippen LogP contribution in [0.2, 0.25) is 0 Å². The highest BCUT2D eigenvalue weighted by atomic mass is 32.2. The van der Waals surface area contributed by atoms with Gasteiger partial charge in [0.25, 0.3) is 0 Å². The van der Waals surface area contributed by atoms with Crippen molar-refractivity contribution in [2.24, 2.45) is 0 Å². The lowest BCUT2D eigenvalue weighted by molar-refractivity contribution is 0.602. The van der Waals surface area contributed by atoms with E-state index in [0.29, 0.717) is 11.3 Å². The summed E-state index contributed by atoms with van der Waals surface area (Å²) in [7, 11) is -3.19. The van der Waals surface area contributed by atoms with Gasteiger partial charge in [0.05, 0.1) is 16.1 Å². The van der Waals surface area contributed by atoms with Crippen LogP contribution in [0.4, 0.5) is 5.69 Å². The van der Waals surface area contributed by atoms with Gasteiger partial charge in [0.2, 0.25) is 0 Å². The van der Waals surface area contributed by atoms with Gasteiger partial charge in [0.1, 0.15) is 6.07 Å². The molecule has 0 spiro atoms. The number of nitrogens with two attached hydrogens (primary N) is 1. The first-order chi connectivity index (χ1) is 9.41. The number of nitrogen functional groups attached to an aromatic ring is 1. The van der Waals surface area contributed by atoms with E-state index in [4.69, 9.17) is 11.0 Å². The molecular weight excluding hydrogens is 292 g/mol. The van der Waals surface area contributed by atoms with E-state index in [1.165, 1.54) is 18.0 Å². The molecule has 0 aromatic heterocycles. The van der Waals surface area contributed by atoms with Gasteiger partial charge in [-0.3, -0.25) is 0 Å². The van der Waals surface area contributed by atoms with E-state index >= 15 is 0 Å². The molecule has 0 aliphatic rings. The van der Waals surface area contributed by atoms with Crippen molar-refractivity contribution in [2.75, 3.05) is 12.0 Å². The molecule has 0 radical (unpaired) electrons. The Morgan fingerprint density at radius 1 is 1.15 bits per heavy atom. The molecule has 2 N–H and O–H groups in total. The van der Waals surface area contributed by atoms with Crippen LogP contribution in [0.5, 0.6) is 0 Å². The van der Waals surface area contributed by atoms with Crippen molar-refractivity contribution in [3.8, 4) is 6.07 Å². The number of nitriles is 1. The van der Waals surface area contributed by atoms with E-state index in [1.54, 1.807) is 36.4 Å². The van der Waals surface area contributed by atoms with Crippen molar-refractivity contribution in [3.05, 3.63) is 48.0 Å².